The van der Waals surface area contributed by atoms with Crippen LogP contribution in [0.2, 0.25) is 0 Å². The van der Waals surface area contributed by atoms with E-state index in [4.69, 9.17) is 4.74 Å². The van der Waals surface area contributed by atoms with Crippen molar-refractivity contribution in [2.75, 3.05) is 13.2 Å². The molecule has 82 valence electrons. The third-order valence-corrected chi connectivity index (χ3v) is 2.76. The number of carbonyl (C=O) groups is 1. The van der Waals surface area contributed by atoms with Crippen molar-refractivity contribution in [1.29, 1.82) is 0 Å². The highest BCUT2D eigenvalue weighted by Gasteiger charge is 2.02. The maximum Gasteiger partial charge on any atom is 0.158 e. The number of Topliss-reactive ketones (excluding diaryl/α,β-unsaturated/α-hetero) is 1. The van der Waals surface area contributed by atoms with Gasteiger partial charge in [0.25, 0.3) is 0 Å². The third kappa shape index (κ3) is 6.14. The summed E-state index contributed by atoms with van der Waals surface area (Å²) in [5, 5.41) is 0. The first-order chi connectivity index (χ1) is 6.89. The fraction of sp³-hybridized carbons (Fsp3) is 0.917. The summed E-state index contributed by atoms with van der Waals surface area (Å²) >= 11 is 0. The van der Waals surface area contributed by atoms with Crippen molar-refractivity contribution in [3.05, 3.63) is 0 Å². The molecule has 2 heteroatoms. The quantitative estimate of drug-likeness (QED) is 0.598. The van der Waals surface area contributed by atoms with Crippen LogP contribution >= 0.6 is 0 Å². The second kappa shape index (κ2) is 7.98. The molecule has 0 saturated carbocycles. The van der Waals surface area contributed by atoms with Crippen LogP contribution in [0.4, 0.5) is 0 Å². The number of hydrogen-bond acceptors (Lipinski definition) is 2. The minimum atomic E-state index is 0.282. The highest BCUT2D eigenvalue weighted by Crippen LogP contribution is 2.10. The highest BCUT2D eigenvalue weighted by molar-refractivity contribution is 5.79. The normalized spacial score (nSPS) is 23.3. The van der Waals surface area contributed by atoms with Crippen molar-refractivity contribution in [2.24, 2.45) is 0 Å². The molecule has 0 amide bonds. The molecule has 0 aromatic rings. The van der Waals surface area contributed by atoms with Crippen LogP contribution in [-0.2, 0) is 9.53 Å². The van der Waals surface area contributed by atoms with Gasteiger partial charge in [-0.05, 0) is 12.8 Å². The minimum absolute atomic E-state index is 0.282. The number of ether oxygens (including phenoxy) is 1. The van der Waals surface area contributed by atoms with Gasteiger partial charge in [-0.1, -0.05) is 38.5 Å². The second-order valence-electron chi connectivity index (χ2n) is 4.17. The topological polar surface area (TPSA) is 26.3 Å². The highest BCUT2D eigenvalue weighted by atomic mass is 16.5. The lowest BCUT2D eigenvalue weighted by Gasteiger charge is -2.02. The number of hydrogen-bond donors (Lipinski definition) is 0. The summed E-state index contributed by atoms with van der Waals surface area (Å²) in [4.78, 5) is 11.3. The van der Waals surface area contributed by atoms with Crippen LogP contribution in [0.25, 0.3) is 0 Å². The van der Waals surface area contributed by atoms with E-state index >= 15 is 0 Å². The minimum Gasteiger partial charge on any atom is -0.374 e. The summed E-state index contributed by atoms with van der Waals surface area (Å²) < 4.78 is 5.31. The van der Waals surface area contributed by atoms with E-state index in [0.29, 0.717) is 6.61 Å². The van der Waals surface area contributed by atoms with E-state index in [1.807, 2.05) is 0 Å². The third-order valence-electron chi connectivity index (χ3n) is 2.76. The lowest BCUT2D eigenvalue weighted by Crippen LogP contribution is -2.09. The van der Waals surface area contributed by atoms with Crippen LogP contribution < -0.4 is 0 Å². The molecular weight excluding hydrogens is 176 g/mol. The first-order valence-electron chi connectivity index (χ1n) is 5.99. The van der Waals surface area contributed by atoms with Crippen LogP contribution in [0.1, 0.15) is 57.8 Å². The Bertz CT molecular complexity index is 138. The summed E-state index contributed by atoms with van der Waals surface area (Å²) in [6.07, 6.45) is 10.7. The number of rotatable bonds is 0. The average Bonchev–Trinajstić information content (AvgIpc) is 2.20. The lowest BCUT2D eigenvalue weighted by atomic mass is 10.1. The van der Waals surface area contributed by atoms with E-state index < -0.39 is 0 Å². The lowest BCUT2D eigenvalue weighted by molar-refractivity contribution is -0.123. The molecule has 1 rings (SSSR count). The first-order valence-corrected chi connectivity index (χ1v) is 5.99. The zero-order valence-corrected chi connectivity index (χ0v) is 9.09. The Morgan fingerprint density at radius 3 is 2.07 bits per heavy atom. The van der Waals surface area contributed by atoms with Gasteiger partial charge in [0.15, 0.2) is 5.78 Å². The van der Waals surface area contributed by atoms with Crippen LogP contribution in [0.5, 0.6) is 0 Å². The molecule has 1 saturated heterocycles. The van der Waals surface area contributed by atoms with Gasteiger partial charge >= 0.3 is 0 Å². The predicted octanol–water partition coefficient (Wildman–Crippen LogP) is 3.10. The molecule has 1 aliphatic rings. The summed E-state index contributed by atoms with van der Waals surface area (Å²) in [6.45, 7) is 1.12. The summed E-state index contributed by atoms with van der Waals surface area (Å²) in [5.41, 5.74) is 0. The smallest absolute Gasteiger partial charge is 0.158 e. The first kappa shape index (κ1) is 11.7. The molecule has 0 spiro atoms. The van der Waals surface area contributed by atoms with Gasteiger partial charge in [0.1, 0.15) is 6.61 Å². The van der Waals surface area contributed by atoms with Crippen LogP contribution in [0.3, 0.4) is 0 Å². The fourth-order valence-corrected chi connectivity index (χ4v) is 1.85. The predicted molar refractivity (Wildman–Crippen MR) is 57.4 cm³/mol. The van der Waals surface area contributed by atoms with Crippen molar-refractivity contribution in [2.45, 2.75) is 57.8 Å². The van der Waals surface area contributed by atoms with Gasteiger partial charge in [0.05, 0.1) is 0 Å². The van der Waals surface area contributed by atoms with Crippen LogP contribution in [-0.4, -0.2) is 19.0 Å². The molecule has 0 aliphatic carbocycles. The molecule has 0 aromatic heterocycles. The zero-order valence-electron chi connectivity index (χ0n) is 9.09. The molecule has 1 heterocycles. The number of ketones is 1. The molecule has 0 aromatic carbocycles. The van der Waals surface area contributed by atoms with Gasteiger partial charge in [-0.15, -0.1) is 0 Å². The van der Waals surface area contributed by atoms with Gasteiger partial charge in [0, 0.05) is 13.0 Å². The van der Waals surface area contributed by atoms with Crippen molar-refractivity contribution in [3.63, 3.8) is 0 Å². The average molecular weight is 198 g/mol. The van der Waals surface area contributed by atoms with Gasteiger partial charge < -0.3 is 4.74 Å². The van der Waals surface area contributed by atoms with E-state index in [-0.39, 0.29) is 5.78 Å². The largest absolute Gasteiger partial charge is 0.374 e. The van der Waals surface area contributed by atoms with E-state index in [9.17, 15) is 4.79 Å². The number of carbonyl (C=O) groups excluding carboxylic acids is 1. The Kier molecular flexibility index (Phi) is 6.67. The van der Waals surface area contributed by atoms with Crippen molar-refractivity contribution in [1.82, 2.24) is 0 Å². The zero-order chi connectivity index (χ0) is 10.1. The molecule has 0 atom stereocenters. The van der Waals surface area contributed by atoms with Gasteiger partial charge in [-0.25, -0.2) is 0 Å². The Morgan fingerprint density at radius 1 is 0.786 bits per heavy atom. The maximum absolute atomic E-state index is 11.3. The molecule has 1 aliphatic heterocycles. The van der Waals surface area contributed by atoms with E-state index in [2.05, 4.69) is 0 Å². The van der Waals surface area contributed by atoms with Crippen molar-refractivity contribution in [3.8, 4) is 0 Å². The van der Waals surface area contributed by atoms with Crippen molar-refractivity contribution >= 4 is 5.78 Å². The molecule has 0 bridgehead atoms. The SMILES string of the molecule is O=C1CCCCCCCCCCOC1. The Labute approximate surface area is 87.0 Å². The van der Waals surface area contributed by atoms with Gasteiger partial charge in [-0.3, -0.25) is 4.79 Å². The van der Waals surface area contributed by atoms with E-state index in [1.54, 1.807) is 0 Å². The fourth-order valence-electron chi connectivity index (χ4n) is 1.85. The van der Waals surface area contributed by atoms with Crippen molar-refractivity contribution < 1.29 is 9.53 Å². The van der Waals surface area contributed by atoms with E-state index in [1.165, 1.54) is 38.5 Å². The van der Waals surface area contributed by atoms with Crippen LogP contribution in [0, 0.1) is 0 Å². The summed E-state index contributed by atoms with van der Waals surface area (Å²) in [6, 6.07) is 0. The Balaban J connectivity index is 2.15. The monoisotopic (exact) mass is 198 g/mol. The standard InChI is InChI=1S/C12H22O2/c13-12-9-7-5-3-1-2-4-6-8-10-14-11-12/h1-11H2. The molecule has 14 heavy (non-hydrogen) atoms. The van der Waals surface area contributed by atoms with Gasteiger partial charge in [0.2, 0.25) is 0 Å². The maximum atomic E-state index is 11.3. The second-order valence-corrected chi connectivity index (χ2v) is 4.17. The molecule has 1 fully saturated rings. The van der Waals surface area contributed by atoms with Gasteiger partial charge in [-0.2, -0.15) is 0 Å². The Morgan fingerprint density at radius 2 is 1.36 bits per heavy atom. The molecule has 0 unspecified atom stereocenters. The molecule has 0 radical (unpaired) electrons. The summed E-state index contributed by atoms with van der Waals surface area (Å²) in [7, 11) is 0. The molecular formula is C12H22O2. The summed E-state index contributed by atoms with van der Waals surface area (Å²) in [5.74, 6) is 0.282. The van der Waals surface area contributed by atoms with Crippen LogP contribution in [0.15, 0.2) is 0 Å². The Hall–Kier alpha value is -0.370. The van der Waals surface area contributed by atoms with E-state index in [0.717, 1.165) is 25.9 Å². The molecule has 2 nitrogen and oxygen atoms in total. The molecule has 0 N–H and O–H groups in total.